The van der Waals surface area contributed by atoms with E-state index in [-0.39, 0.29) is 5.97 Å². The smallest absolute Gasteiger partial charge is 0.305 e. The van der Waals surface area contributed by atoms with Gasteiger partial charge in [-0.25, -0.2) is 0 Å². The Kier molecular flexibility index (Phi) is 10.2. The van der Waals surface area contributed by atoms with Gasteiger partial charge in [0, 0.05) is 16.9 Å². The summed E-state index contributed by atoms with van der Waals surface area (Å²) in [6.07, 6.45) is 5.23. The molecule has 0 bridgehead atoms. The minimum atomic E-state index is -0.0453. The lowest BCUT2D eigenvalue weighted by Crippen LogP contribution is -2.15. The van der Waals surface area contributed by atoms with E-state index in [1.807, 2.05) is 42.4 Å². The fourth-order valence-electron chi connectivity index (χ4n) is 1.65. The number of hydrogen-bond acceptors (Lipinski definition) is 4. The molecule has 0 saturated carbocycles. The molecule has 1 aliphatic heterocycles. The van der Waals surface area contributed by atoms with Gasteiger partial charge in [0.05, 0.1) is 6.61 Å². The Hall–Kier alpha value is 0.170. The van der Waals surface area contributed by atoms with Crippen LogP contribution in [0, 0.1) is 0 Å². The van der Waals surface area contributed by atoms with Crippen LogP contribution < -0.4 is 0 Å². The summed E-state index contributed by atoms with van der Waals surface area (Å²) < 4.78 is 5.35. The van der Waals surface area contributed by atoms with Gasteiger partial charge in [-0.1, -0.05) is 41.9 Å². The second-order valence-electron chi connectivity index (χ2n) is 4.12. The molecule has 0 amide bonds. The molecule has 102 valence electrons. The Morgan fingerprint density at radius 2 is 2.06 bits per heavy atom. The van der Waals surface area contributed by atoms with Crippen LogP contribution >= 0.6 is 21.6 Å². The molecule has 1 saturated heterocycles. The van der Waals surface area contributed by atoms with Gasteiger partial charge in [0.1, 0.15) is 0 Å². The molecular weight excluding hydrogens is 252 g/mol. The van der Waals surface area contributed by atoms with E-state index in [0.29, 0.717) is 17.8 Å². The van der Waals surface area contributed by atoms with Crippen molar-refractivity contribution >= 4 is 27.6 Å². The SMILES string of the molecule is CC.CCOC(=O)CCCC[C@]1(C)CCSS1. The molecule has 0 aliphatic carbocycles. The van der Waals surface area contributed by atoms with Gasteiger partial charge in [-0.2, -0.15) is 0 Å². The molecule has 17 heavy (non-hydrogen) atoms. The molecule has 1 heterocycles. The summed E-state index contributed by atoms with van der Waals surface area (Å²) in [5.74, 6) is 1.23. The quantitative estimate of drug-likeness (QED) is 0.400. The van der Waals surface area contributed by atoms with Gasteiger partial charge in [-0.05, 0) is 33.1 Å². The van der Waals surface area contributed by atoms with E-state index in [2.05, 4.69) is 6.92 Å². The van der Waals surface area contributed by atoms with Crippen molar-refractivity contribution in [3.63, 3.8) is 0 Å². The summed E-state index contributed by atoms with van der Waals surface area (Å²) in [6.45, 7) is 8.69. The van der Waals surface area contributed by atoms with E-state index in [4.69, 9.17) is 4.74 Å². The van der Waals surface area contributed by atoms with Crippen molar-refractivity contribution in [1.29, 1.82) is 0 Å². The first kappa shape index (κ1) is 17.2. The van der Waals surface area contributed by atoms with Crippen molar-refractivity contribution in [2.75, 3.05) is 12.4 Å². The van der Waals surface area contributed by atoms with Crippen LogP contribution in [0.3, 0.4) is 0 Å². The maximum atomic E-state index is 11.1. The van der Waals surface area contributed by atoms with Crippen molar-refractivity contribution < 1.29 is 9.53 Å². The molecule has 1 rings (SSSR count). The summed E-state index contributed by atoms with van der Waals surface area (Å²) in [4.78, 5) is 11.1. The topological polar surface area (TPSA) is 26.3 Å². The average molecular weight is 278 g/mol. The molecule has 0 N–H and O–H groups in total. The fraction of sp³-hybridized carbons (Fsp3) is 0.923. The molecule has 0 aromatic carbocycles. The van der Waals surface area contributed by atoms with Crippen LogP contribution in [-0.4, -0.2) is 23.1 Å². The number of esters is 1. The third kappa shape index (κ3) is 7.98. The highest BCUT2D eigenvalue weighted by Gasteiger charge is 2.29. The first-order valence-corrected chi connectivity index (χ1v) is 8.94. The third-order valence-electron chi connectivity index (χ3n) is 2.62. The Morgan fingerprint density at radius 3 is 2.59 bits per heavy atom. The summed E-state index contributed by atoms with van der Waals surface area (Å²) in [5, 5.41) is 0. The van der Waals surface area contributed by atoms with Gasteiger partial charge >= 0.3 is 5.97 Å². The number of hydrogen-bond donors (Lipinski definition) is 0. The van der Waals surface area contributed by atoms with E-state index < -0.39 is 0 Å². The Bertz CT molecular complexity index is 202. The monoisotopic (exact) mass is 278 g/mol. The highest BCUT2D eigenvalue weighted by Crippen LogP contribution is 2.49. The van der Waals surface area contributed by atoms with Crippen molar-refractivity contribution in [3.05, 3.63) is 0 Å². The number of carbonyl (C=O) groups is 1. The van der Waals surface area contributed by atoms with Gasteiger partial charge in [-0.3, -0.25) is 4.79 Å². The van der Waals surface area contributed by atoms with Crippen molar-refractivity contribution in [1.82, 2.24) is 0 Å². The Labute approximate surface area is 114 Å². The van der Waals surface area contributed by atoms with Crippen LogP contribution in [0.5, 0.6) is 0 Å². The molecule has 1 fully saturated rings. The van der Waals surface area contributed by atoms with Crippen LogP contribution in [0.25, 0.3) is 0 Å². The van der Waals surface area contributed by atoms with E-state index >= 15 is 0 Å². The van der Waals surface area contributed by atoms with Gasteiger partial charge in [-0.15, -0.1) is 0 Å². The largest absolute Gasteiger partial charge is 0.466 e. The Morgan fingerprint density at radius 1 is 1.35 bits per heavy atom. The summed E-state index contributed by atoms with van der Waals surface area (Å²) in [7, 11) is 3.99. The van der Waals surface area contributed by atoms with Crippen LogP contribution in [0.2, 0.25) is 0 Å². The van der Waals surface area contributed by atoms with E-state index in [9.17, 15) is 4.79 Å². The zero-order valence-electron chi connectivity index (χ0n) is 11.6. The highest BCUT2D eigenvalue weighted by atomic mass is 33.1. The first-order chi connectivity index (χ1) is 8.16. The zero-order chi connectivity index (χ0) is 13.1. The molecule has 1 atom stereocenters. The summed E-state index contributed by atoms with van der Waals surface area (Å²) in [5.41, 5.74) is 0. The van der Waals surface area contributed by atoms with Crippen LogP contribution in [0.1, 0.15) is 59.8 Å². The maximum absolute atomic E-state index is 11.1. The lowest BCUT2D eigenvalue weighted by atomic mass is 9.99. The fourth-order valence-corrected chi connectivity index (χ4v) is 4.95. The number of ether oxygens (including phenoxy) is 1. The standard InChI is InChI=1S/C11H20O2S2.C2H6/c1-3-13-10(12)6-4-5-7-11(2)8-9-14-15-11;1-2/h3-9H2,1-2H3;1-2H3/t11-;/m1./s1. The predicted octanol–water partition coefficient (Wildman–Crippen LogP) is 4.68. The number of unbranched alkanes of at least 4 members (excludes halogenated alkanes) is 1. The van der Waals surface area contributed by atoms with E-state index in [1.54, 1.807) is 0 Å². The summed E-state index contributed by atoms with van der Waals surface area (Å²) in [6, 6.07) is 0. The average Bonchev–Trinajstić information content (AvgIpc) is 2.75. The molecule has 0 unspecified atom stereocenters. The number of carbonyl (C=O) groups excluding carboxylic acids is 1. The normalized spacial score (nSPS) is 22.8. The van der Waals surface area contributed by atoms with E-state index in [0.717, 1.165) is 12.8 Å². The molecular formula is C13H26O2S2. The Balaban J connectivity index is 0.00000121. The lowest BCUT2D eigenvalue weighted by molar-refractivity contribution is -0.143. The minimum absolute atomic E-state index is 0.0453. The van der Waals surface area contributed by atoms with Crippen molar-refractivity contribution in [2.24, 2.45) is 0 Å². The summed E-state index contributed by atoms with van der Waals surface area (Å²) >= 11 is 0. The second kappa shape index (κ2) is 10.1. The lowest BCUT2D eigenvalue weighted by Gasteiger charge is -2.20. The van der Waals surface area contributed by atoms with Gasteiger partial charge in [0.2, 0.25) is 0 Å². The van der Waals surface area contributed by atoms with Crippen LogP contribution in [0.15, 0.2) is 0 Å². The predicted molar refractivity (Wildman–Crippen MR) is 79.5 cm³/mol. The maximum Gasteiger partial charge on any atom is 0.305 e. The highest BCUT2D eigenvalue weighted by molar-refractivity contribution is 8.77. The second-order valence-corrected chi connectivity index (χ2v) is 7.12. The van der Waals surface area contributed by atoms with Crippen molar-refractivity contribution in [3.8, 4) is 0 Å². The zero-order valence-corrected chi connectivity index (χ0v) is 13.2. The molecule has 2 nitrogen and oxygen atoms in total. The van der Waals surface area contributed by atoms with Crippen LogP contribution in [0.4, 0.5) is 0 Å². The molecule has 0 aromatic rings. The molecule has 0 radical (unpaired) electrons. The van der Waals surface area contributed by atoms with Gasteiger partial charge in [0.25, 0.3) is 0 Å². The van der Waals surface area contributed by atoms with Crippen molar-refractivity contribution in [2.45, 2.75) is 64.5 Å². The van der Waals surface area contributed by atoms with E-state index in [1.165, 1.54) is 18.6 Å². The third-order valence-corrected chi connectivity index (χ3v) is 5.98. The molecule has 0 aromatic heterocycles. The molecule has 0 spiro atoms. The van der Waals surface area contributed by atoms with Crippen LogP contribution in [-0.2, 0) is 9.53 Å². The van der Waals surface area contributed by atoms with Gasteiger partial charge < -0.3 is 4.74 Å². The van der Waals surface area contributed by atoms with Gasteiger partial charge in [0.15, 0.2) is 0 Å². The first-order valence-electron chi connectivity index (χ1n) is 6.62. The molecule has 1 aliphatic rings. The number of rotatable bonds is 6. The minimum Gasteiger partial charge on any atom is -0.466 e. The molecule has 4 heteroatoms.